The van der Waals surface area contributed by atoms with Gasteiger partial charge < -0.3 is 15.5 Å². The van der Waals surface area contributed by atoms with Crippen molar-refractivity contribution in [1.82, 2.24) is 14.5 Å². The van der Waals surface area contributed by atoms with Crippen molar-refractivity contribution in [3.63, 3.8) is 0 Å². The van der Waals surface area contributed by atoms with Gasteiger partial charge in [0.2, 0.25) is 0 Å². The van der Waals surface area contributed by atoms with E-state index in [0.29, 0.717) is 33.9 Å². The number of carbonyl (C=O) groups is 1. The average Bonchev–Trinajstić information content (AvgIpc) is 3.40. The highest BCUT2D eigenvalue weighted by molar-refractivity contribution is 6.35. The highest BCUT2D eigenvalue weighted by Gasteiger charge is 2.27. The van der Waals surface area contributed by atoms with E-state index in [4.69, 9.17) is 0 Å². The van der Waals surface area contributed by atoms with Crippen LogP contribution in [0.2, 0.25) is 0 Å². The predicted octanol–water partition coefficient (Wildman–Crippen LogP) is 5.83. The number of piperidine rings is 1. The minimum Gasteiger partial charge on any atom is -0.382 e. The number of nitrogens with one attached hydrogen (secondary N) is 2. The maximum atomic E-state index is 14.1. The Balaban J connectivity index is 1.41. The fourth-order valence-electron chi connectivity index (χ4n) is 5.29. The maximum Gasteiger partial charge on any atom is 0.256 e. The van der Waals surface area contributed by atoms with Crippen LogP contribution in [0.25, 0.3) is 28.4 Å². The molecule has 0 unspecified atom stereocenters. The number of halogens is 3. The number of imidazole rings is 1. The molecule has 2 N–H and O–H groups in total. The second-order valence-electron chi connectivity index (χ2n) is 9.69. The van der Waals surface area contributed by atoms with Crippen LogP contribution in [-0.4, -0.2) is 46.0 Å². The summed E-state index contributed by atoms with van der Waals surface area (Å²) < 4.78 is 43.8. The Labute approximate surface area is 217 Å². The van der Waals surface area contributed by atoms with Crippen LogP contribution in [0.1, 0.15) is 31.2 Å². The quantitative estimate of drug-likeness (QED) is 0.327. The number of aromatic nitrogens is 2. The molecule has 38 heavy (non-hydrogen) atoms. The summed E-state index contributed by atoms with van der Waals surface area (Å²) in [5.74, 6) is -2.07. The number of fused-ring (bicyclic) bond motifs is 2. The molecular weight excluding hydrogens is 491 g/mol. The zero-order valence-electron chi connectivity index (χ0n) is 20.8. The van der Waals surface area contributed by atoms with E-state index < -0.39 is 17.5 Å². The summed E-state index contributed by atoms with van der Waals surface area (Å²) in [4.78, 5) is 19.9. The minimum absolute atomic E-state index is 0.177. The fourth-order valence-corrected chi connectivity index (χ4v) is 5.29. The second-order valence-corrected chi connectivity index (χ2v) is 9.69. The first kappa shape index (κ1) is 24.2. The van der Waals surface area contributed by atoms with Gasteiger partial charge in [-0.3, -0.25) is 9.36 Å². The molecule has 1 amide bonds. The largest absolute Gasteiger partial charge is 0.382 e. The third-order valence-electron chi connectivity index (χ3n) is 7.23. The lowest BCUT2D eigenvalue weighted by Gasteiger charge is -2.32. The van der Waals surface area contributed by atoms with Crippen LogP contribution in [0.5, 0.6) is 0 Å². The molecule has 1 aromatic heterocycles. The van der Waals surface area contributed by atoms with Crippen molar-refractivity contribution in [3.8, 4) is 5.69 Å². The van der Waals surface area contributed by atoms with Gasteiger partial charge in [-0.1, -0.05) is 6.92 Å². The molecule has 0 bridgehead atoms. The SMILES string of the molecule is CCN1CCC(Nc2ccc3c(c2)C(=Cc2nc4cc(F)ccc4n2-c2cc(F)cc(F)c2)C(=O)N3)CC1. The molecule has 9 heteroatoms. The highest BCUT2D eigenvalue weighted by Crippen LogP contribution is 2.36. The van der Waals surface area contributed by atoms with Gasteiger partial charge in [-0.2, -0.15) is 0 Å². The standard InChI is InChI=1S/C29H26F3N5O/c1-2-36-9-7-20(8-10-36)33-21-4-5-25-23(15-21)24(29(38)35-25)16-28-34-26-14-17(30)3-6-27(26)37(28)22-12-18(31)11-19(32)13-22/h3-6,11-16,20,33H,2,7-10H2,1H3,(H,35,38). The molecule has 0 radical (unpaired) electrons. The number of hydrogen-bond acceptors (Lipinski definition) is 4. The molecular formula is C29H26F3N5O. The van der Waals surface area contributed by atoms with Crippen LogP contribution in [-0.2, 0) is 4.79 Å². The molecule has 6 rings (SSSR count). The Bertz CT molecular complexity index is 1570. The zero-order valence-corrected chi connectivity index (χ0v) is 20.8. The molecule has 6 nitrogen and oxygen atoms in total. The lowest BCUT2D eigenvalue weighted by atomic mass is 10.0. The molecule has 2 aliphatic heterocycles. The Morgan fingerprint density at radius 1 is 1.00 bits per heavy atom. The third kappa shape index (κ3) is 4.54. The summed E-state index contributed by atoms with van der Waals surface area (Å²) in [6, 6.07) is 13.2. The van der Waals surface area contributed by atoms with Crippen molar-refractivity contribution >= 4 is 40.0 Å². The number of rotatable bonds is 5. The van der Waals surface area contributed by atoms with Crippen molar-refractivity contribution in [1.29, 1.82) is 0 Å². The summed E-state index contributed by atoms with van der Waals surface area (Å²) in [6.45, 7) is 5.30. The number of likely N-dealkylation sites (tertiary alicyclic amines) is 1. The Hall–Kier alpha value is -4.11. The summed E-state index contributed by atoms with van der Waals surface area (Å²) in [7, 11) is 0. The first-order valence-corrected chi connectivity index (χ1v) is 12.7. The van der Waals surface area contributed by atoms with Gasteiger partial charge >= 0.3 is 0 Å². The van der Waals surface area contributed by atoms with Gasteiger partial charge in [-0.05, 0) is 67.9 Å². The van der Waals surface area contributed by atoms with Crippen LogP contribution in [0.3, 0.4) is 0 Å². The third-order valence-corrected chi connectivity index (χ3v) is 7.23. The van der Waals surface area contributed by atoms with Crippen LogP contribution >= 0.6 is 0 Å². The zero-order chi connectivity index (χ0) is 26.4. The van der Waals surface area contributed by atoms with Crippen LogP contribution in [0.15, 0.2) is 54.6 Å². The average molecular weight is 518 g/mol. The fraction of sp³-hybridized carbons (Fsp3) is 0.241. The van der Waals surface area contributed by atoms with Gasteiger partial charge in [-0.15, -0.1) is 0 Å². The smallest absolute Gasteiger partial charge is 0.256 e. The lowest BCUT2D eigenvalue weighted by Crippen LogP contribution is -2.38. The number of benzene rings is 3. The van der Waals surface area contributed by atoms with Crippen molar-refractivity contribution in [2.24, 2.45) is 0 Å². The first-order valence-electron chi connectivity index (χ1n) is 12.7. The molecule has 194 valence electrons. The number of amides is 1. The van der Waals surface area contributed by atoms with Crippen LogP contribution in [0.4, 0.5) is 24.5 Å². The van der Waals surface area contributed by atoms with E-state index in [2.05, 4.69) is 27.4 Å². The summed E-state index contributed by atoms with van der Waals surface area (Å²) >= 11 is 0. The molecule has 4 aromatic rings. The van der Waals surface area contributed by atoms with E-state index in [1.807, 2.05) is 18.2 Å². The molecule has 1 saturated heterocycles. The second kappa shape index (κ2) is 9.64. The first-order chi connectivity index (χ1) is 18.4. The van der Waals surface area contributed by atoms with E-state index in [9.17, 15) is 18.0 Å². The lowest BCUT2D eigenvalue weighted by molar-refractivity contribution is -0.110. The topological polar surface area (TPSA) is 62.2 Å². The number of anilines is 2. The van der Waals surface area contributed by atoms with Gasteiger partial charge in [0.1, 0.15) is 23.3 Å². The van der Waals surface area contributed by atoms with E-state index >= 15 is 0 Å². The monoisotopic (exact) mass is 517 g/mol. The van der Waals surface area contributed by atoms with Gasteiger partial charge in [0.15, 0.2) is 0 Å². The molecule has 0 atom stereocenters. The molecule has 0 aliphatic carbocycles. The maximum absolute atomic E-state index is 14.1. The number of hydrogen-bond donors (Lipinski definition) is 2. The Kier molecular flexibility index (Phi) is 6.15. The van der Waals surface area contributed by atoms with E-state index in [0.717, 1.165) is 44.2 Å². The van der Waals surface area contributed by atoms with Gasteiger partial charge in [0.25, 0.3) is 5.91 Å². The van der Waals surface area contributed by atoms with E-state index in [1.165, 1.54) is 34.9 Å². The molecule has 2 aliphatic rings. The number of carbonyl (C=O) groups excluding carboxylic acids is 1. The summed E-state index contributed by atoms with van der Waals surface area (Å²) in [5, 5.41) is 6.47. The van der Waals surface area contributed by atoms with Gasteiger partial charge in [0, 0.05) is 48.2 Å². The van der Waals surface area contributed by atoms with E-state index in [-0.39, 0.29) is 17.4 Å². The van der Waals surface area contributed by atoms with Crippen LogP contribution in [0, 0.1) is 17.5 Å². The Morgan fingerprint density at radius 3 is 2.50 bits per heavy atom. The minimum atomic E-state index is -0.757. The molecule has 3 aromatic carbocycles. The van der Waals surface area contributed by atoms with Crippen molar-refractivity contribution in [2.45, 2.75) is 25.8 Å². The Morgan fingerprint density at radius 2 is 1.76 bits per heavy atom. The van der Waals surface area contributed by atoms with Crippen molar-refractivity contribution in [3.05, 3.63) is 83.4 Å². The molecule has 1 fully saturated rings. The summed E-state index contributed by atoms with van der Waals surface area (Å²) in [6.07, 6.45) is 3.65. The molecule has 0 spiro atoms. The normalized spacial score (nSPS) is 17.3. The van der Waals surface area contributed by atoms with Gasteiger partial charge in [-0.25, -0.2) is 18.2 Å². The highest BCUT2D eigenvalue weighted by atomic mass is 19.1. The molecule has 0 saturated carbocycles. The van der Waals surface area contributed by atoms with Gasteiger partial charge in [0.05, 0.1) is 22.3 Å². The predicted molar refractivity (Wildman–Crippen MR) is 143 cm³/mol. The van der Waals surface area contributed by atoms with Crippen molar-refractivity contribution < 1.29 is 18.0 Å². The van der Waals surface area contributed by atoms with Crippen LogP contribution < -0.4 is 10.6 Å². The van der Waals surface area contributed by atoms with E-state index in [1.54, 1.807) is 6.08 Å². The summed E-state index contributed by atoms with van der Waals surface area (Å²) in [5.41, 5.74) is 3.56. The number of nitrogens with zero attached hydrogens (tertiary/aromatic N) is 3. The van der Waals surface area contributed by atoms with Crippen molar-refractivity contribution in [2.75, 3.05) is 30.3 Å². The molecule has 3 heterocycles.